The van der Waals surface area contributed by atoms with Crippen molar-refractivity contribution in [2.24, 2.45) is 0 Å². The Bertz CT molecular complexity index is 843. The van der Waals surface area contributed by atoms with Crippen molar-refractivity contribution >= 4 is 28.5 Å². The molecule has 0 saturated carbocycles. The summed E-state index contributed by atoms with van der Waals surface area (Å²) in [5.41, 5.74) is 2.48. The number of benzene rings is 1. The minimum Gasteiger partial charge on any atom is -0.340 e. The van der Waals surface area contributed by atoms with E-state index >= 15 is 0 Å². The van der Waals surface area contributed by atoms with Crippen LogP contribution in [-0.4, -0.2) is 32.3 Å². The fourth-order valence-electron chi connectivity index (χ4n) is 3.13. The monoisotopic (exact) mass is 326 g/mol. The van der Waals surface area contributed by atoms with Crippen molar-refractivity contribution in [1.29, 1.82) is 0 Å². The number of rotatable bonds is 2. The molecule has 5 nitrogen and oxygen atoms in total. The van der Waals surface area contributed by atoms with Gasteiger partial charge in [-0.1, -0.05) is 23.7 Å². The quantitative estimate of drug-likeness (QED) is 0.732. The number of H-pyrrole nitrogens is 1. The maximum atomic E-state index is 12.8. The first-order valence-corrected chi connectivity index (χ1v) is 7.97. The van der Waals surface area contributed by atoms with Crippen LogP contribution in [0.3, 0.4) is 0 Å². The van der Waals surface area contributed by atoms with Crippen LogP contribution in [0.25, 0.3) is 11.0 Å². The first kappa shape index (κ1) is 14.2. The van der Waals surface area contributed by atoms with Crippen molar-refractivity contribution in [2.75, 3.05) is 6.54 Å². The van der Waals surface area contributed by atoms with Gasteiger partial charge in [0.25, 0.3) is 5.91 Å². The zero-order valence-electron chi connectivity index (χ0n) is 12.4. The summed E-state index contributed by atoms with van der Waals surface area (Å²) in [5, 5.41) is 0.329. The molecule has 0 bridgehead atoms. The number of amides is 1. The third kappa shape index (κ3) is 2.57. The topological polar surface area (TPSA) is 61.9 Å². The van der Waals surface area contributed by atoms with Crippen LogP contribution >= 0.6 is 11.6 Å². The fourth-order valence-corrected chi connectivity index (χ4v) is 3.30. The third-order valence-electron chi connectivity index (χ3n) is 4.21. The minimum atomic E-state index is -0.0303. The maximum absolute atomic E-state index is 12.8. The second kappa shape index (κ2) is 5.66. The normalized spacial score (nSPS) is 17.8. The van der Waals surface area contributed by atoms with Crippen LogP contribution in [0, 0.1) is 0 Å². The molecule has 2 aromatic heterocycles. The van der Waals surface area contributed by atoms with Crippen molar-refractivity contribution in [1.82, 2.24) is 19.9 Å². The lowest BCUT2D eigenvalue weighted by atomic mass is 10.2. The highest BCUT2D eigenvalue weighted by molar-refractivity contribution is 6.29. The van der Waals surface area contributed by atoms with Gasteiger partial charge in [-0.2, -0.15) is 0 Å². The Kier molecular flexibility index (Phi) is 3.50. The molecule has 0 radical (unpaired) electrons. The molecule has 1 N–H and O–H groups in total. The summed E-state index contributed by atoms with van der Waals surface area (Å²) in [4.78, 5) is 26.6. The van der Waals surface area contributed by atoms with Crippen molar-refractivity contribution in [2.45, 2.75) is 18.9 Å². The average molecular weight is 327 g/mol. The second-order valence-electron chi connectivity index (χ2n) is 5.66. The Morgan fingerprint density at radius 2 is 2.17 bits per heavy atom. The number of pyridine rings is 1. The average Bonchev–Trinajstić information content (AvgIpc) is 3.20. The Morgan fingerprint density at radius 3 is 3.00 bits per heavy atom. The molecule has 0 spiro atoms. The van der Waals surface area contributed by atoms with E-state index in [1.165, 1.54) is 0 Å². The fraction of sp³-hybridized carbons (Fsp3) is 0.235. The van der Waals surface area contributed by atoms with E-state index in [2.05, 4.69) is 15.0 Å². The van der Waals surface area contributed by atoms with Gasteiger partial charge in [0.1, 0.15) is 11.0 Å². The third-order valence-corrected chi connectivity index (χ3v) is 4.42. The summed E-state index contributed by atoms with van der Waals surface area (Å²) in [5.74, 6) is 0.814. The van der Waals surface area contributed by atoms with Crippen LogP contribution in [-0.2, 0) is 0 Å². The number of fused-ring (bicyclic) bond motifs is 1. The summed E-state index contributed by atoms with van der Waals surface area (Å²) in [6.45, 7) is 0.723. The predicted molar refractivity (Wildman–Crippen MR) is 88.4 cm³/mol. The van der Waals surface area contributed by atoms with Crippen LogP contribution in [0.1, 0.15) is 35.1 Å². The first-order chi connectivity index (χ1) is 11.2. The van der Waals surface area contributed by atoms with Crippen LogP contribution < -0.4 is 0 Å². The first-order valence-electron chi connectivity index (χ1n) is 7.59. The molecular formula is C17H15ClN4O. The van der Waals surface area contributed by atoms with E-state index in [1.807, 2.05) is 29.2 Å². The number of aromatic nitrogens is 3. The molecule has 1 aliphatic heterocycles. The van der Waals surface area contributed by atoms with Gasteiger partial charge in [-0.3, -0.25) is 4.79 Å². The van der Waals surface area contributed by atoms with E-state index in [0.717, 1.165) is 36.2 Å². The molecule has 1 aromatic carbocycles. The Hall–Kier alpha value is -2.40. The number of nitrogens with one attached hydrogen (secondary N) is 1. The number of likely N-dealkylation sites (tertiary alicyclic amines) is 1. The molecule has 1 unspecified atom stereocenters. The molecule has 1 fully saturated rings. The van der Waals surface area contributed by atoms with E-state index in [4.69, 9.17) is 11.6 Å². The Balaban J connectivity index is 1.67. The summed E-state index contributed by atoms with van der Waals surface area (Å²) < 4.78 is 0. The van der Waals surface area contributed by atoms with Gasteiger partial charge in [0.2, 0.25) is 0 Å². The van der Waals surface area contributed by atoms with Gasteiger partial charge >= 0.3 is 0 Å². The number of para-hydroxylation sites is 2. The van der Waals surface area contributed by atoms with Crippen molar-refractivity contribution < 1.29 is 4.79 Å². The van der Waals surface area contributed by atoms with Gasteiger partial charge in [0, 0.05) is 18.3 Å². The maximum Gasteiger partial charge on any atom is 0.254 e. The van der Waals surface area contributed by atoms with Crippen molar-refractivity contribution in [3.05, 3.63) is 59.1 Å². The van der Waals surface area contributed by atoms with Gasteiger partial charge in [0.05, 0.1) is 17.1 Å². The number of imidazole rings is 1. The standard InChI is InChI=1S/C17H15ClN4O/c18-15-10-11(7-8-19-15)17(23)22-9-3-6-14(22)16-20-12-4-1-2-5-13(12)21-16/h1-2,4-5,7-8,10,14H,3,6,9H2,(H,20,21). The molecule has 3 heterocycles. The molecule has 6 heteroatoms. The highest BCUT2D eigenvalue weighted by atomic mass is 35.5. The molecular weight excluding hydrogens is 312 g/mol. The molecule has 1 aliphatic rings. The molecule has 116 valence electrons. The van der Waals surface area contributed by atoms with Gasteiger partial charge < -0.3 is 9.88 Å². The minimum absolute atomic E-state index is 0.0261. The zero-order valence-corrected chi connectivity index (χ0v) is 13.1. The molecule has 1 saturated heterocycles. The number of aromatic amines is 1. The summed E-state index contributed by atoms with van der Waals surface area (Å²) in [6.07, 6.45) is 3.43. The summed E-state index contributed by atoms with van der Waals surface area (Å²) in [6, 6.07) is 11.2. The van der Waals surface area contributed by atoms with Crippen LogP contribution in [0.5, 0.6) is 0 Å². The highest BCUT2D eigenvalue weighted by Gasteiger charge is 2.32. The molecule has 0 aliphatic carbocycles. The van der Waals surface area contributed by atoms with Crippen LogP contribution in [0.2, 0.25) is 5.15 Å². The van der Waals surface area contributed by atoms with Crippen LogP contribution in [0.15, 0.2) is 42.6 Å². The number of carbonyl (C=O) groups excluding carboxylic acids is 1. The van der Waals surface area contributed by atoms with E-state index in [1.54, 1.807) is 18.3 Å². The number of carbonyl (C=O) groups is 1. The van der Waals surface area contributed by atoms with E-state index in [9.17, 15) is 4.79 Å². The zero-order chi connectivity index (χ0) is 15.8. The molecule has 23 heavy (non-hydrogen) atoms. The number of halogens is 1. The molecule has 3 aromatic rings. The number of nitrogens with zero attached hydrogens (tertiary/aromatic N) is 3. The predicted octanol–water partition coefficient (Wildman–Crippen LogP) is 3.59. The van der Waals surface area contributed by atoms with Gasteiger partial charge in [-0.25, -0.2) is 9.97 Å². The van der Waals surface area contributed by atoms with Crippen LogP contribution in [0.4, 0.5) is 0 Å². The largest absolute Gasteiger partial charge is 0.340 e. The highest BCUT2D eigenvalue weighted by Crippen LogP contribution is 2.32. The Labute approximate surface area is 138 Å². The second-order valence-corrected chi connectivity index (χ2v) is 6.05. The lowest BCUT2D eigenvalue weighted by Crippen LogP contribution is -2.31. The van der Waals surface area contributed by atoms with Gasteiger partial charge in [-0.15, -0.1) is 0 Å². The molecule has 1 amide bonds. The van der Waals surface area contributed by atoms with Crippen molar-refractivity contribution in [3.63, 3.8) is 0 Å². The smallest absolute Gasteiger partial charge is 0.254 e. The molecule has 4 rings (SSSR count). The van der Waals surface area contributed by atoms with Gasteiger partial charge in [-0.05, 0) is 37.1 Å². The van der Waals surface area contributed by atoms with E-state index < -0.39 is 0 Å². The summed E-state index contributed by atoms with van der Waals surface area (Å²) >= 11 is 5.90. The number of hydrogen-bond donors (Lipinski definition) is 1. The summed E-state index contributed by atoms with van der Waals surface area (Å²) in [7, 11) is 0. The van der Waals surface area contributed by atoms with E-state index in [0.29, 0.717) is 10.7 Å². The SMILES string of the molecule is O=C(c1ccnc(Cl)c1)N1CCCC1c1nc2ccccc2[nH]1. The van der Waals surface area contributed by atoms with Gasteiger partial charge in [0.15, 0.2) is 0 Å². The Morgan fingerprint density at radius 1 is 1.30 bits per heavy atom. The lowest BCUT2D eigenvalue weighted by molar-refractivity contribution is 0.0730. The number of hydrogen-bond acceptors (Lipinski definition) is 3. The lowest BCUT2D eigenvalue weighted by Gasteiger charge is -2.23. The van der Waals surface area contributed by atoms with Crippen molar-refractivity contribution in [3.8, 4) is 0 Å². The van der Waals surface area contributed by atoms with E-state index in [-0.39, 0.29) is 11.9 Å². The molecule has 1 atom stereocenters.